The summed E-state index contributed by atoms with van der Waals surface area (Å²) in [6, 6.07) is 0. The maximum absolute atomic E-state index is 12.1. The fourth-order valence-electron chi connectivity index (χ4n) is 2.35. The van der Waals surface area contributed by atoms with Crippen LogP contribution in [-0.4, -0.2) is 17.3 Å². The smallest absolute Gasteiger partial charge is 0.139 e. The minimum absolute atomic E-state index is 0.0196. The van der Waals surface area contributed by atoms with Crippen molar-refractivity contribution in [1.82, 2.24) is 0 Å². The van der Waals surface area contributed by atoms with Gasteiger partial charge < -0.3 is 0 Å². The number of carbonyl (C=O) groups is 3. The number of ketones is 3. The van der Waals surface area contributed by atoms with Crippen molar-refractivity contribution in [1.29, 1.82) is 0 Å². The number of rotatable bonds is 11. The molecule has 0 heterocycles. The van der Waals surface area contributed by atoms with Crippen molar-refractivity contribution in [2.45, 2.75) is 73.6 Å². The lowest BCUT2D eigenvalue weighted by Gasteiger charge is -2.20. The third-order valence-corrected chi connectivity index (χ3v) is 3.96. The summed E-state index contributed by atoms with van der Waals surface area (Å²) in [4.78, 5) is 35.6. The van der Waals surface area contributed by atoms with E-state index in [9.17, 15) is 14.4 Å². The fourth-order valence-corrected chi connectivity index (χ4v) is 2.35. The van der Waals surface area contributed by atoms with Gasteiger partial charge in [0.15, 0.2) is 0 Å². The lowest BCUT2D eigenvalue weighted by molar-refractivity contribution is -0.131. The molecule has 0 bridgehead atoms. The van der Waals surface area contributed by atoms with Gasteiger partial charge in [-0.2, -0.15) is 0 Å². The Morgan fingerprint density at radius 1 is 0.762 bits per heavy atom. The molecule has 0 aliphatic rings. The zero-order chi connectivity index (χ0) is 16.6. The van der Waals surface area contributed by atoms with Gasteiger partial charge in [-0.25, -0.2) is 0 Å². The molecule has 0 aromatic rings. The predicted octanol–water partition coefficient (Wildman–Crippen LogP) is 4.23. The number of Topliss-reactive ketones (excluding diaryl/α,β-unsaturated/α-hetero) is 3. The minimum Gasteiger partial charge on any atom is -0.300 e. The third kappa shape index (κ3) is 8.13. The molecule has 0 saturated carbocycles. The van der Waals surface area contributed by atoms with Gasteiger partial charge >= 0.3 is 0 Å². The second kappa shape index (κ2) is 9.86. The zero-order valence-electron chi connectivity index (χ0n) is 14.6. The van der Waals surface area contributed by atoms with Gasteiger partial charge in [-0.3, -0.25) is 14.4 Å². The van der Waals surface area contributed by atoms with Crippen molar-refractivity contribution in [2.75, 3.05) is 0 Å². The Morgan fingerprint density at radius 3 is 1.71 bits per heavy atom. The molecule has 3 heteroatoms. The molecule has 0 fully saturated rings. The molecule has 0 aliphatic carbocycles. The molecule has 0 aromatic heterocycles. The van der Waals surface area contributed by atoms with Crippen LogP contribution in [0.4, 0.5) is 0 Å². The summed E-state index contributed by atoms with van der Waals surface area (Å²) in [6.45, 7) is 11.6. The molecule has 0 spiro atoms. The highest BCUT2D eigenvalue weighted by atomic mass is 16.1. The van der Waals surface area contributed by atoms with Crippen LogP contribution in [0.25, 0.3) is 0 Å². The number of hydrogen-bond acceptors (Lipinski definition) is 3. The normalized spacial score (nSPS) is 13.0. The first-order valence-electron chi connectivity index (χ1n) is 8.24. The van der Waals surface area contributed by atoms with Gasteiger partial charge in [-0.1, -0.05) is 41.5 Å². The molecule has 0 rings (SSSR count). The van der Waals surface area contributed by atoms with Crippen molar-refractivity contribution in [3.05, 3.63) is 0 Å². The molecule has 0 aromatic carbocycles. The second-order valence-corrected chi connectivity index (χ2v) is 6.98. The van der Waals surface area contributed by atoms with E-state index in [-0.39, 0.29) is 41.0 Å². The Balaban J connectivity index is 4.16. The maximum atomic E-state index is 12.1. The lowest BCUT2D eigenvalue weighted by atomic mass is 9.82. The fraction of sp³-hybridized carbons (Fsp3) is 0.833. The summed E-state index contributed by atoms with van der Waals surface area (Å²) in [5.41, 5.74) is 0. The van der Waals surface area contributed by atoms with Crippen LogP contribution in [0.5, 0.6) is 0 Å². The van der Waals surface area contributed by atoms with Crippen LogP contribution in [0.15, 0.2) is 0 Å². The van der Waals surface area contributed by atoms with Crippen LogP contribution >= 0.6 is 0 Å². The van der Waals surface area contributed by atoms with E-state index in [1.807, 2.05) is 41.5 Å². The first-order chi connectivity index (χ1) is 9.66. The second-order valence-electron chi connectivity index (χ2n) is 6.98. The lowest BCUT2D eigenvalue weighted by Crippen LogP contribution is -2.27. The Labute approximate surface area is 129 Å². The van der Waals surface area contributed by atoms with Gasteiger partial charge in [-0.05, 0) is 18.8 Å². The predicted molar refractivity (Wildman–Crippen MR) is 86.1 cm³/mol. The third-order valence-electron chi connectivity index (χ3n) is 3.96. The Hall–Kier alpha value is -0.990. The maximum Gasteiger partial charge on any atom is 0.139 e. The largest absolute Gasteiger partial charge is 0.300 e. The van der Waals surface area contributed by atoms with E-state index in [1.165, 1.54) is 0 Å². The topological polar surface area (TPSA) is 51.2 Å². The molecule has 122 valence electrons. The molecule has 1 atom stereocenters. The SMILES string of the molecule is CC(C)C(=O)CCCCC(=O)C[C@H](C(=O)C(C)C)C(C)C. The van der Waals surface area contributed by atoms with E-state index in [0.29, 0.717) is 19.3 Å². The molecular formula is C18H32O3. The van der Waals surface area contributed by atoms with Crippen molar-refractivity contribution in [3.8, 4) is 0 Å². The molecule has 21 heavy (non-hydrogen) atoms. The monoisotopic (exact) mass is 296 g/mol. The molecule has 0 saturated heterocycles. The summed E-state index contributed by atoms with van der Waals surface area (Å²) in [5, 5.41) is 0. The Kier molecular flexibility index (Phi) is 9.39. The molecule has 3 nitrogen and oxygen atoms in total. The summed E-state index contributed by atoms with van der Waals surface area (Å²) in [5.74, 6) is 0.704. The van der Waals surface area contributed by atoms with Crippen molar-refractivity contribution in [3.63, 3.8) is 0 Å². The quantitative estimate of drug-likeness (QED) is 0.536. The number of carbonyl (C=O) groups excluding carboxylic acids is 3. The van der Waals surface area contributed by atoms with Crippen molar-refractivity contribution in [2.24, 2.45) is 23.7 Å². The molecule has 0 unspecified atom stereocenters. The zero-order valence-corrected chi connectivity index (χ0v) is 14.6. The standard InChI is InChI=1S/C18H32O3/c1-12(2)16(18(21)14(5)6)11-15(19)9-7-8-10-17(20)13(3)4/h12-14,16H,7-11H2,1-6H3/t16-/m0/s1. The summed E-state index contributed by atoms with van der Waals surface area (Å²) in [6.07, 6.45) is 2.92. The number of unbranched alkanes of at least 4 members (excludes halogenated alkanes) is 1. The van der Waals surface area contributed by atoms with E-state index >= 15 is 0 Å². The van der Waals surface area contributed by atoms with Gasteiger partial charge in [-0.15, -0.1) is 0 Å². The average molecular weight is 296 g/mol. The first kappa shape index (κ1) is 20.0. The van der Waals surface area contributed by atoms with Crippen molar-refractivity contribution >= 4 is 17.3 Å². The summed E-state index contributed by atoms with van der Waals surface area (Å²) < 4.78 is 0. The highest BCUT2D eigenvalue weighted by Crippen LogP contribution is 2.22. The van der Waals surface area contributed by atoms with Gasteiger partial charge in [0.1, 0.15) is 17.3 Å². The Morgan fingerprint density at radius 2 is 1.29 bits per heavy atom. The van der Waals surface area contributed by atoms with E-state index in [2.05, 4.69) is 0 Å². The molecular weight excluding hydrogens is 264 g/mol. The van der Waals surface area contributed by atoms with Crippen molar-refractivity contribution < 1.29 is 14.4 Å². The van der Waals surface area contributed by atoms with Gasteiger partial charge in [0.25, 0.3) is 0 Å². The number of hydrogen-bond donors (Lipinski definition) is 0. The van der Waals surface area contributed by atoms with Crippen LogP contribution in [0.3, 0.4) is 0 Å². The van der Waals surface area contributed by atoms with E-state index in [0.717, 1.165) is 12.8 Å². The van der Waals surface area contributed by atoms with Crippen LogP contribution < -0.4 is 0 Å². The minimum atomic E-state index is -0.158. The molecule has 0 aliphatic heterocycles. The van der Waals surface area contributed by atoms with Crippen LogP contribution in [0.1, 0.15) is 73.6 Å². The highest BCUT2D eigenvalue weighted by molar-refractivity contribution is 5.89. The van der Waals surface area contributed by atoms with E-state index < -0.39 is 0 Å². The first-order valence-corrected chi connectivity index (χ1v) is 8.24. The molecule has 0 N–H and O–H groups in total. The summed E-state index contributed by atoms with van der Waals surface area (Å²) >= 11 is 0. The van der Waals surface area contributed by atoms with Crippen LogP contribution in [0.2, 0.25) is 0 Å². The molecule has 0 radical (unpaired) electrons. The Bertz CT molecular complexity index is 353. The average Bonchev–Trinajstić information content (AvgIpc) is 2.39. The van der Waals surface area contributed by atoms with Crippen LogP contribution in [0, 0.1) is 23.7 Å². The van der Waals surface area contributed by atoms with E-state index in [4.69, 9.17) is 0 Å². The van der Waals surface area contributed by atoms with Crippen LogP contribution in [-0.2, 0) is 14.4 Å². The summed E-state index contributed by atoms with van der Waals surface area (Å²) in [7, 11) is 0. The van der Waals surface area contributed by atoms with E-state index in [1.54, 1.807) is 0 Å². The van der Waals surface area contributed by atoms with Gasteiger partial charge in [0.2, 0.25) is 0 Å². The van der Waals surface area contributed by atoms with Gasteiger partial charge in [0.05, 0.1) is 0 Å². The van der Waals surface area contributed by atoms with Gasteiger partial charge in [0, 0.05) is 37.0 Å². The molecule has 0 amide bonds. The highest BCUT2D eigenvalue weighted by Gasteiger charge is 2.26.